The molecule has 1 fully saturated rings. The molecule has 2 rings (SSSR count). The molecule has 1 aliphatic rings. The Morgan fingerprint density at radius 1 is 1.45 bits per heavy atom. The number of nitro groups is 1. The highest BCUT2D eigenvalue weighted by Gasteiger charge is 2.26. The molecule has 1 aromatic rings. The molecule has 8 nitrogen and oxygen atoms in total. The van der Waals surface area contributed by atoms with Crippen LogP contribution in [0.4, 0.5) is 17.3 Å². The molecule has 0 bridgehead atoms. The lowest BCUT2D eigenvalue weighted by atomic mass is 10.2. The number of hydrogen-bond donors (Lipinski definition) is 2. The quantitative estimate of drug-likeness (QED) is 0.606. The maximum absolute atomic E-state index is 11.2. The fraction of sp³-hybridized carbons (Fsp3) is 0.500. The summed E-state index contributed by atoms with van der Waals surface area (Å²) in [6.45, 7) is 0.0366. The number of carbonyl (C=O) groups is 1. The van der Waals surface area contributed by atoms with Crippen LogP contribution in [0.2, 0.25) is 0 Å². The van der Waals surface area contributed by atoms with E-state index < -0.39 is 10.8 Å². The van der Waals surface area contributed by atoms with Crippen LogP contribution in [-0.2, 0) is 4.79 Å². The Morgan fingerprint density at radius 2 is 2.10 bits per heavy atom. The third-order valence-corrected chi connectivity index (χ3v) is 3.47. The molecule has 1 heterocycles. The first-order chi connectivity index (χ1) is 9.49. The Balaban J connectivity index is 2.30. The average molecular weight is 279 g/mol. The minimum atomic E-state index is -0.583. The van der Waals surface area contributed by atoms with Crippen molar-refractivity contribution in [3.8, 4) is 0 Å². The number of nitrogens with two attached hydrogens (primary N) is 2. The maximum atomic E-state index is 11.2. The van der Waals surface area contributed by atoms with Gasteiger partial charge in [0, 0.05) is 12.1 Å². The second-order valence-corrected chi connectivity index (χ2v) is 4.86. The predicted molar refractivity (Wildman–Crippen MR) is 74.1 cm³/mol. The molecule has 0 aromatic carbocycles. The number of aromatic nitrogens is 1. The minimum Gasteiger partial charge on any atom is -0.378 e. The highest BCUT2D eigenvalue weighted by molar-refractivity contribution is 5.79. The second-order valence-electron chi connectivity index (χ2n) is 4.86. The Kier molecular flexibility index (Phi) is 4.02. The molecule has 1 amide bonds. The van der Waals surface area contributed by atoms with Gasteiger partial charge in [0.15, 0.2) is 0 Å². The van der Waals surface area contributed by atoms with E-state index in [2.05, 4.69) is 4.98 Å². The molecule has 20 heavy (non-hydrogen) atoms. The number of primary amides is 1. The summed E-state index contributed by atoms with van der Waals surface area (Å²) in [5.74, 6) is -0.158. The van der Waals surface area contributed by atoms with Gasteiger partial charge in [0.2, 0.25) is 11.7 Å². The van der Waals surface area contributed by atoms with Gasteiger partial charge in [-0.3, -0.25) is 14.9 Å². The average Bonchev–Trinajstić information content (AvgIpc) is 2.88. The highest BCUT2D eigenvalue weighted by atomic mass is 16.6. The van der Waals surface area contributed by atoms with Gasteiger partial charge in [0.05, 0.1) is 11.5 Å². The van der Waals surface area contributed by atoms with Crippen LogP contribution in [-0.4, -0.2) is 28.4 Å². The van der Waals surface area contributed by atoms with E-state index in [0.29, 0.717) is 5.82 Å². The predicted octanol–water partition coefficient (Wildman–Crippen LogP) is 0.806. The zero-order valence-electron chi connectivity index (χ0n) is 11.0. The van der Waals surface area contributed by atoms with Crippen LogP contribution in [0, 0.1) is 10.1 Å². The van der Waals surface area contributed by atoms with Crippen molar-refractivity contribution in [1.29, 1.82) is 0 Å². The fourth-order valence-electron chi connectivity index (χ4n) is 2.55. The number of anilines is 2. The van der Waals surface area contributed by atoms with E-state index in [1.165, 1.54) is 12.1 Å². The van der Waals surface area contributed by atoms with E-state index >= 15 is 0 Å². The molecule has 4 N–H and O–H groups in total. The molecule has 1 aromatic heterocycles. The van der Waals surface area contributed by atoms with Crippen LogP contribution in [0.3, 0.4) is 0 Å². The Labute approximate surface area is 115 Å². The third kappa shape index (κ3) is 2.95. The summed E-state index contributed by atoms with van der Waals surface area (Å²) in [5, 5.41) is 10.7. The first-order valence-electron chi connectivity index (χ1n) is 6.45. The van der Waals surface area contributed by atoms with Gasteiger partial charge in [-0.1, -0.05) is 12.8 Å². The largest absolute Gasteiger partial charge is 0.378 e. The number of amides is 1. The topological polar surface area (TPSA) is 128 Å². The standard InChI is InChI=1S/C12H17N5O3/c13-10(18)7-16(8-3-1-2-4-8)11-6-5-9(17(19)20)12(14)15-11/h5-6,8H,1-4,7H2,(H2,13,18)(H2,14,15). The molecule has 0 aliphatic heterocycles. The molecule has 0 atom stereocenters. The summed E-state index contributed by atoms with van der Waals surface area (Å²) >= 11 is 0. The van der Waals surface area contributed by atoms with Gasteiger partial charge in [0.25, 0.3) is 0 Å². The molecule has 0 unspecified atom stereocenters. The molecule has 8 heteroatoms. The molecule has 0 saturated heterocycles. The van der Waals surface area contributed by atoms with E-state index in [-0.39, 0.29) is 24.1 Å². The SMILES string of the molecule is NC(=O)CN(c1ccc([N+](=O)[O-])c(N)n1)C1CCCC1. The number of nitrogens with zero attached hydrogens (tertiary/aromatic N) is 3. The summed E-state index contributed by atoms with van der Waals surface area (Å²) < 4.78 is 0. The number of pyridine rings is 1. The zero-order valence-corrected chi connectivity index (χ0v) is 11.0. The smallest absolute Gasteiger partial charge is 0.311 e. The zero-order chi connectivity index (χ0) is 14.7. The lowest BCUT2D eigenvalue weighted by molar-refractivity contribution is -0.384. The fourth-order valence-corrected chi connectivity index (χ4v) is 2.55. The van der Waals surface area contributed by atoms with Gasteiger partial charge < -0.3 is 16.4 Å². The van der Waals surface area contributed by atoms with Crippen LogP contribution in [0.1, 0.15) is 25.7 Å². The number of carbonyl (C=O) groups excluding carboxylic acids is 1. The van der Waals surface area contributed by atoms with Gasteiger partial charge in [-0.25, -0.2) is 4.98 Å². The summed E-state index contributed by atoms with van der Waals surface area (Å²) in [6.07, 6.45) is 4.07. The van der Waals surface area contributed by atoms with Gasteiger partial charge in [-0.15, -0.1) is 0 Å². The van der Waals surface area contributed by atoms with Crippen molar-refractivity contribution >= 4 is 23.2 Å². The van der Waals surface area contributed by atoms with Crippen LogP contribution in [0.5, 0.6) is 0 Å². The van der Waals surface area contributed by atoms with E-state index in [4.69, 9.17) is 11.5 Å². The monoisotopic (exact) mass is 279 g/mol. The second kappa shape index (κ2) is 5.72. The molecule has 1 saturated carbocycles. The summed E-state index contributed by atoms with van der Waals surface area (Å²) in [6, 6.07) is 2.99. The van der Waals surface area contributed by atoms with Gasteiger partial charge in [-0.05, 0) is 18.9 Å². The normalized spacial score (nSPS) is 15.2. The number of rotatable bonds is 5. The number of hydrogen-bond acceptors (Lipinski definition) is 6. The third-order valence-electron chi connectivity index (χ3n) is 3.47. The lowest BCUT2D eigenvalue weighted by Crippen LogP contribution is -2.40. The van der Waals surface area contributed by atoms with Crippen molar-refractivity contribution < 1.29 is 9.72 Å². The van der Waals surface area contributed by atoms with Crippen molar-refractivity contribution in [3.63, 3.8) is 0 Å². The highest BCUT2D eigenvalue weighted by Crippen LogP contribution is 2.29. The van der Waals surface area contributed by atoms with Gasteiger partial charge in [-0.2, -0.15) is 0 Å². The summed E-state index contributed by atoms with van der Waals surface area (Å²) in [4.78, 5) is 27.2. The van der Waals surface area contributed by atoms with Crippen LogP contribution in [0.25, 0.3) is 0 Å². The molecule has 0 radical (unpaired) electrons. The van der Waals surface area contributed by atoms with Crippen LogP contribution >= 0.6 is 0 Å². The van der Waals surface area contributed by atoms with E-state index in [1.807, 2.05) is 0 Å². The summed E-state index contributed by atoms with van der Waals surface area (Å²) in [5.41, 5.74) is 10.6. The first-order valence-corrected chi connectivity index (χ1v) is 6.45. The van der Waals surface area contributed by atoms with Crippen LogP contribution < -0.4 is 16.4 Å². The van der Waals surface area contributed by atoms with Crippen molar-refractivity contribution in [2.24, 2.45) is 5.73 Å². The molecule has 108 valence electrons. The van der Waals surface area contributed by atoms with Crippen molar-refractivity contribution in [3.05, 3.63) is 22.2 Å². The lowest BCUT2D eigenvalue weighted by Gasteiger charge is -2.28. The van der Waals surface area contributed by atoms with E-state index in [0.717, 1.165) is 25.7 Å². The summed E-state index contributed by atoms with van der Waals surface area (Å²) in [7, 11) is 0. The van der Waals surface area contributed by atoms with Gasteiger partial charge in [0.1, 0.15) is 5.82 Å². The van der Waals surface area contributed by atoms with E-state index in [1.54, 1.807) is 4.90 Å². The van der Waals surface area contributed by atoms with Gasteiger partial charge >= 0.3 is 5.69 Å². The maximum Gasteiger partial charge on any atom is 0.311 e. The minimum absolute atomic E-state index is 0.0366. The Bertz CT molecular complexity index is 528. The molecule has 0 spiro atoms. The van der Waals surface area contributed by atoms with Crippen molar-refractivity contribution in [1.82, 2.24) is 4.98 Å². The van der Waals surface area contributed by atoms with Crippen molar-refractivity contribution in [2.75, 3.05) is 17.2 Å². The molecule has 1 aliphatic carbocycles. The molecular weight excluding hydrogens is 262 g/mol. The first kappa shape index (κ1) is 14.0. The Morgan fingerprint density at radius 3 is 2.60 bits per heavy atom. The van der Waals surface area contributed by atoms with Crippen LogP contribution in [0.15, 0.2) is 12.1 Å². The number of nitrogen functional groups attached to an aromatic ring is 1. The van der Waals surface area contributed by atoms with E-state index in [9.17, 15) is 14.9 Å². The Hall–Kier alpha value is -2.38. The molecular formula is C12H17N5O3. The van der Waals surface area contributed by atoms with Crippen molar-refractivity contribution in [2.45, 2.75) is 31.7 Å².